The van der Waals surface area contributed by atoms with Crippen LogP contribution in [0.1, 0.15) is 71.9 Å². The Hall–Kier alpha value is -2.04. The van der Waals surface area contributed by atoms with E-state index in [1.165, 1.54) is 83.3 Å². The average molecular weight is 517 g/mol. The van der Waals surface area contributed by atoms with Gasteiger partial charge in [-0.1, -0.05) is 35.4 Å². The van der Waals surface area contributed by atoms with Crippen LogP contribution >= 0.6 is 0 Å². The number of benzene rings is 2. The lowest BCUT2D eigenvalue weighted by Gasteiger charge is -2.56. The number of anilines is 2. The highest BCUT2D eigenvalue weighted by molar-refractivity contribution is 5.67. The van der Waals surface area contributed by atoms with Gasteiger partial charge in [-0.2, -0.15) is 0 Å². The predicted octanol–water partition coefficient (Wildman–Crippen LogP) is 7.19. The maximum atomic E-state index is 6.65. The van der Waals surface area contributed by atoms with Crippen LogP contribution in [0, 0.1) is 59.3 Å². The molecule has 4 nitrogen and oxygen atoms in total. The van der Waals surface area contributed by atoms with Crippen molar-refractivity contribution in [2.24, 2.45) is 17.8 Å². The van der Waals surface area contributed by atoms with Crippen LogP contribution in [0.3, 0.4) is 0 Å². The Kier molecular flexibility index (Phi) is 7.01. The van der Waals surface area contributed by atoms with Gasteiger partial charge in [0.1, 0.15) is 0 Å². The van der Waals surface area contributed by atoms with Gasteiger partial charge in [0, 0.05) is 17.9 Å². The zero-order chi connectivity index (χ0) is 26.6. The summed E-state index contributed by atoms with van der Waals surface area (Å²) in [6.07, 6.45) is 8.28. The Labute approximate surface area is 230 Å². The Morgan fingerprint density at radius 2 is 1.21 bits per heavy atom. The van der Waals surface area contributed by atoms with Crippen molar-refractivity contribution in [3.05, 3.63) is 57.6 Å². The fraction of sp³-hybridized carbons (Fsp3) is 0.647. The van der Waals surface area contributed by atoms with E-state index in [4.69, 9.17) is 9.47 Å². The largest absolute Gasteiger partial charge is 0.377 e. The first-order valence-corrected chi connectivity index (χ1v) is 15.1. The molecule has 1 unspecified atom stereocenters. The van der Waals surface area contributed by atoms with Crippen molar-refractivity contribution in [1.82, 2.24) is 0 Å². The van der Waals surface area contributed by atoms with E-state index < -0.39 is 0 Å². The summed E-state index contributed by atoms with van der Waals surface area (Å²) in [5.74, 6) is 2.78. The second-order valence-corrected chi connectivity index (χ2v) is 13.5. The number of hydrogen-bond donors (Lipinski definition) is 0. The molecule has 0 amide bonds. The maximum Gasteiger partial charge on any atom is 0.0908 e. The molecule has 4 saturated carbocycles. The minimum absolute atomic E-state index is 0.172. The van der Waals surface area contributed by atoms with Crippen molar-refractivity contribution in [1.29, 1.82) is 0 Å². The Morgan fingerprint density at radius 3 is 1.74 bits per heavy atom. The summed E-state index contributed by atoms with van der Waals surface area (Å²) in [4.78, 5) is 5.17. The lowest BCUT2D eigenvalue weighted by Crippen LogP contribution is -2.52. The Balaban J connectivity index is 1.14. The van der Waals surface area contributed by atoms with Crippen molar-refractivity contribution >= 4 is 11.4 Å². The van der Waals surface area contributed by atoms with Gasteiger partial charge >= 0.3 is 0 Å². The Bertz CT molecular complexity index is 1110. The van der Waals surface area contributed by atoms with Crippen LogP contribution in [-0.2, 0) is 9.47 Å². The molecule has 5 aliphatic rings. The molecule has 0 aromatic heterocycles. The second-order valence-electron chi connectivity index (χ2n) is 13.5. The highest BCUT2D eigenvalue weighted by Crippen LogP contribution is 2.57. The summed E-state index contributed by atoms with van der Waals surface area (Å²) in [5, 5.41) is 0. The lowest BCUT2D eigenvalue weighted by atomic mass is 9.54. The molecule has 38 heavy (non-hydrogen) atoms. The second kappa shape index (κ2) is 10.2. The Morgan fingerprint density at radius 1 is 0.711 bits per heavy atom. The van der Waals surface area contributed by atoms with Gasteiger partial charge in [-0.05, 0) is 120 Å². The summed E-state index contributed by atoms with van der Waals surface area (Å²) >= 11 is 0. The molecular weight excluding hydrogens is 468 g/mol. The number of nitrogens with zero attached hydrogens (tertiary/aromatic N) is 2. The molecule has 2 aromatic carbocycles. The number of hydrogen-bond acceptors (Lipinski definition) is 4. The molecule has 1 saturated heterocycles. The summed E-state index contributed by atoms with van der Waals surface area (Å²) in [7, 11) is 0. The molecule has 1 atom stereocenters. The van der Waals surface area contributed by atoms with Crippen molar-refractivity contribution < 1.29 is 9.47 Å². The highest BCUT2D eigenvalue weighted by Gasteiger charge is 2.51. The van der Waals surface area contributed by atoms with E-state index in [2.05, 4.69) is 75.6 Å². The molecule has 7 rings (SSSR count). The smallest absolute Gasteiger partial charge is 0.0908 e. The maximum absolute atomic E-state index is 6.65. The molecule has 2 aromatic rings. The van der Waals surface area contributed by atoms with Crippen LogP contribution in [0.15, 0.2) is 24.3 Å². The molecule has 0 N–H and O–H groups in total. The van der Waals surface area contributed by atoms with Gasteiger partial charge in [0.05, 0.1) is 38.1 Å². The van der Waals surface area contributed by atoms with Gasteiger partial charge < -0.3 is 19.3 Å². The van der Waals surface area contributed by atoms with E-state index in [1.807, 2.05) is 0 Å². The normalized spacial score (nSPS) is 30.1. The quantitative estimate of drug-likeness (QED) is 0.347. The van der Waals surface area contributed by atoms with E-state index in [9.17, 15) is 0 Å². The van der Waals surface area contributed by atoms with Gasteiger partial charge in [-0.15, -0.1) is 0 Å². The standard InChI is InChI=1S/C34H48N2O2/c1-22-9-24(3)32(25(4)10-22)35-19-31(36(21-35)33-26(5)11-23(2)12-27(33)6)20-37-7-8-38-34-16-28-13-29(17-34)15-30(14-28)18-34/h9-12,28-31H,7-8,13-21H2,1-6H3. The van der Waals surface area contributed by atoms with Gasteiger partial charge in [0.25, 0.3) is 0 Å². The molecule has 1 aliphatic heterocycles. The summed E-state index contributed by atoms with van der Waals surface area (Å²) in [6.45, 7) is 17.5. The molecule has 206 valence electrons. The zero-order valence-corrected chi connectivity index (χ0v) is 24.6. The van der Waals surface area contributed by atoms with E-state index in [0.717, 1.165) is 44.2 Å². The lowest BCUT2D eigenvalue weighted by molar-refractivity contribution is -0.169. The number of ether oxygens (including phenoxy) is 2. The first kappa shape index (κ1) is 26.2. The van der Waals surface area contributed by atoms with E-state index in [0.29, 0.717) is 12.6 Å². The van der Waals surface area contributed by atoms with E-state index in [-0.39, 0.29) is 5.60 Å². The van der Waals surface area contributed by atoms with Gasteiger partial charge in [0.15, 0.2) is 0 Å². The molecule has 4 bridgehead atoms. The zero-order valence-electron chi connectivity index (χ0n) is 24.6. The van der Waals surface area contributed by atoms with Crippen molar-refractivity contribution in [3.63, 3.8) is 0 Å². The minimum atomic E-state index is 0.172. The van der Waals surface area contributed by atoms with Crippen LogP contribution in [0.5, 0.6) is 0 Å². The van der Waals surface area contributed by atoms with Crippen LogP contribution in [0.4, 0.5) is 11.4 Å². The SMILES string of the molecule is Cc1cc(C)c(N2CC(COCCOC34CC5CC(CC(C5)C3)C4)N(c3c(C)cc(C)cc3C)C2)c(C)c1. The summed E-state index contributed by atoms with van der Waals surface area (Å²) in [5.41, 5.74) is 11.0. The molecule has 4 aliphatic carbocycles. The highest BCUT2D eigenvalue weighted by atomic mass is 16.5. The monoisotopic (exact) mass is 516 g/mol. The molecular formula is C34H48N2O2. The van der Waals surface area contributed by atoms with E-state index in [1.54, 1.807) is 0 Å². The van der Waals surface area contributed by atoms with Crippen LogP contribution in [-0.4, -0.2) is 44.7 Å². The van der Waals surface area contributed by atoms with Crippen LogP contribution < -0.4 is 9.80 Å². The molecule has 4 heteroatoms. The number of rotatable bonds is 8. The van der Waals surface area contributed by atoms with Crippen LogP contribution in [0.25, 0.3) is 0 Å². The fourth-order valence-electron chi connectivity index (χ4n) is 9.31. The van der Waals surface area contributed by atoms with Gasteiger partial charge in [-0.25, -0.2) is 0 Å². The third-order valence-electron chi connectivity index (χ3n) is 10.00. The van der Waals surface area contributed by atoms with Crippen molar-refractivity contribution in [2.75, 3.05) is 42.8 Å². The third-order valence-corrected chi connectivity index (χ3v) is 10.00. The molecule has 0 spiro atoms. The molecule has 0 radical (unpaired) electrons. The molecule has 5 fully saturated rings. The first-order valence-electron chi connectivity index (χ1n) is 15.1. The summed E-state index contributed by atoms with van der Waals surface area (Å²) in [6, 6.07) is 9.60. The predicted molar refractivity (Wildman–Crippen MR) is 157 cm³/mol. The van der Waals surface area contributed by atoms with Crippen LogP contribution in [0.2, 0.25) is 0 Å². The topological polar surface area (TPSA) is 24.9 Å². The van der Waals surface area contributed by atoms with Gasteiger partial charge in [-0.3, -0.25) is 0 Å². The number of aryl methyl sites for hydroxylation is 6. The average Bonchev–Trinajstić information content (AvgIpc) is 3.19. The summed E-state index contributed by atoms with van der Waals surface area (Å²) < 4.78 is 13.1. The minimum Gasteiger partial charge on any atom is -0.377 e. The van der Waals surface area contributed by atoms with Crippen molar-refractivity contribution in [2.45, 2.75) is 91.7 Å². The fourth-order valence-corrected chi connectivity index (χ4v) is 9.31. The van der Waals surface area contributed by atoms with E-state index >= 15 is 0 Å². The van der Waals surface area contributed by atoms with Crippen molar-refractivity contribution in [3.8, 4) is 0 Å². The van der Waals surface area contributed by atoms with Gasteiger partial charge in [0.2, 0.25) is 0 Å². The third kappa shape index (κ3) is 4.99. The molecule has 1 heterocycles. The first-order chi connectivity index (χ1) is 18.2.